The number of carboxylic acid groups (broad SMARTS) is 1. The normalized spacial score (nSPS) is 14.3. The molecule has 2 aromatic rings. The molecule has 9 heteroatoms. The lowest BCUT2D eigenvalue weighted by atomic mass is 10.0. The van der Waals surface area contributed by atoms with Gasteiger partial charge in [0.15, 0.2) is 5.69 Å². The van der Waals surface area contributed by atoms with Crippen LogP contribution in [0.2, 0.25) is 0 Å². The fourth-order valence-electron chi connectivity index (χ4n) is 2.61. The van der Waals surface area contributed by atoms with Gasteiger partial charge in [0.05, 0.1) is 22.8 Å². The lowest BCUT2D eigenvalue weighted by molar-refractivity contribution is -0.138. The van der Waals surface area contributed by atoms with E-state index in [1.54, 1.807) is 6.07 Å². The number of pyridine rings is 1. The number of carbonyl (C=O) groups is 2. The maximum atomic E-state index is 13.1. The molecule has 1 aromatic heterocycles. The number of rotatable bonds is 3. The van der Waals surface area contributed by atoms with Crippen molar-refractivity contribution in [1.82, 2.24) is 4.98 Å². The Morgan fingerprint density at radius 2 is 2.04 bits per heavy atom. The minimum atomic E-state index is -4.49. The van der Waals surface area contributed by atoms with Crippen LogP contribution in [0.5, 0.6) is 0 Å². The molecule has 1 aromatic carbocycles. The number of hydrogen-bond donors (Lipinski definition) is 1. The van der Waals surface area contributed by atoms with Crippen LogP contribution >= 0.6 is 11.8 Å². The summed E-state index contributed by atoms with van der Waals surface area (Å²) in [5.74, 6) is -1.32. The Morgan fingerprint density at radius 3 is 2.69 bits per heavy atom. The molecule has 1 N–H and O–H groups in total. The van der Waals surface area contributed by atoms with Gasteiger partial charge < -0.3 is 5.11 Å². The highest BCUT2D eigenvalue weighted by molar-refractivity contribution is 8.00. The zero-order chi connectivity index (χ0) is 19.1. The highest BCUT2D eigenvalue weighted by Gasteiger charge is 2.33. The van der Waals surface area contributed by atoms with Crippen LogP contribution in [0.15, 0.2) is 35.2 Å². The number of anilines is 1. The molecule has 0 atom stereocenters. The van der Waals surface area contributed by atoms with E-state index in [2.05, 4.69) is 4.98 Å². The molecule has 3 rings (SSSR count). The summed E-state index contributed by atoms with van der Waals surface area (Å²) in [6, 6.07) is 6.75. The summed E-state index contributed by atoms with van der Waals surface area (Å²) in [6.07, 6.45) is -4.49. The quantitative estimate of drug-likeness (QED) is 0.876. The maximum absolute atomic E-state index is 13.1. The van der Waals surface area contributed by atoms with E-state index in [0.717, 1.165) is 6.07 Å². The largest absolute Gasteiger partial charge is 0.477 e. The molecule has 5 nitrogen and oxygen atoms in total. The first-order valence-corrected chi connectivity index (χ1v) is 8.49. The van der Waals surface area contributed by atoms with Crippen LogP contribution in [0.3, 0.4) is 0 Å². The smallest absolute Gasteiger partial charge is 0.416 e. The first kappa shape index (κ1) is 18.2. The number of aromatic nitrogens is 1. The molecule has 0 saturated heterocycles. The molecule has 136 valence electrons. The number of carbonyl (C=O) groups excluding carboxylic acids is 1. The van der Waals surface area contributed by atoms with Gasteiger partial charge in [-0.05, 0) is 36.2 Å². The van der Waals surface area contributed by atoms with Crippen LogP contribution in [-0.4, -0.2) is 27.7 Å². The standard InChI is InChI=1S/C17H13F3N2O3S/c1-9-2-3-10(6-11(9)17(18,19)20)7-22-14(23)8-26-13-5-4-12(16(24)25)21-15(13)22/h2-6H,7-8H2,1H3,(H,24,25). The molecule has 0 radical (unpaired) electrons. The van der Waals surface area contributed by atoms with Crippen molar-refractivity contribution >= 4 is 29.5 Å². The molecule has 1 aliphatic rings. The van der Waals surface area contributed by atoms with Gasteiger partial charge in [-0.3, -0.25) is 9.69 Å². The maximum Gasteiger partial charge on any atom is 0.416 e. The van der Waals surface area contributed by atoms with Gasteiger partial charge in [0.2, 0.25) is 5.91 Å². The lowest BCUT2D eigenvalue weighted by Gasteiger charge is -2.28. The van der Waals surface area contributed by atoms with Crippen molar-refractivity contribution in [2.24, 2.45) is 0 Å². The Hall–Kier alpha value is -2.55. The molecule has 0 unspecified atom stereocenters. The number of aryl methyl sites for hydroxylation is 1. The molecule has 0 bridgehead atoms. The highest BCUT2D eigenvalue weighted by Crippen LogP contribution is 2.36. The van der Waals surface area contributed by atoms with Crippen LogP contribution in [0.25, 0.3) is 0 Å². The Balaban J connectivity index is 1.99. The van der Waals surface area contributed by atoms with Crippen molar-refractivity contribution in [3.05, 3.63) is 52.7 Å². The highest BCUT2D eigenvalue weighted by atomic mass is 32.2. The number of halogens is 3. The fraction of sp³-hybridized carbons (Fsp3) is 0.235. The molecule has 0 saturated carbocycles. The van der Waals surface area contributed by atoms with Crippen molar-refractivity contribution in [2.75, 3.05) is 10.7 Å². The van der Waals surface area contributed by atoms with Crippen molar-refractivity contribution in [3.63, 3.8) is 0 Å². The minimum Gasteiger partial charge on any atom is -0.477 e. The predicted molar refractivity (Wildman–Crippen MR) is 89.3 cm³/mol. The van der Waals surface area contributed by atoms with Gasteiger partial charge in [0.25, 0.3) is 0 Å². The van der Waals surface area contributed by atoms with Gasteiger partial charge in [0, 0.05) is 0 Å². The van der Waals surface area contributed by atoms with Crippen molar-refractivity contribution in [2.45, 2.75) is 24.5 Å². The van der Waals surface area contributed by atoms with Crippen LogP contribution in [-0.2, 0) is 17.5 Å². The third-order valence-electron chi connectivity index (χ3n) is 3.91. The van der Waals surface area contributed by atoms with Crippen LogP contribution < -0.4 is 4.90 Å². The number of aromatic carboxylic acids is 1. The van der Waals surface area contributed by atoms with E-state index in [1.165, 1.54) is 41.8 Å². The van der Waals surface area contributed by atoms with E-state index in [4.69, 9.17) is 5.11 Å². The van der Waals surface area contributed by atoms with E-state index < -0.39 is 17.7 Å². The molecular formula is C17H13F3N2O3S. The second-order valence-corrected chi connectivity index (χ2v) is 6.76. The summed E-state index contributed by atoms with van der Waals surface area (Å²) in [4.78, 5) is 29.2. The number of amides is 1. The van der Waals surface area contributed by atoms with Crippen LogP contribution in [0, 0.1) is 6.92 Å². The van der Waals surface area contributed by atoms with Crippen LogP contribution in [0.1, 0.15) is 27.2 Å². The Kier molecular flexibility index (Phi) is 4.66. The van der Waals surface area contributed by atoms with Gasteiger partial charge in [-0.15, -0.1) is 11.8 Å². The third-order valence-corrected chi connectivity index (χ3v) is 4.94. The van der Waals surface area contributed by atoms with Crippen molar-refractivity contribution < 1.29 is 27.9 Å². The first-order chi connectivity index (χ1) is 12.2. The average Bonchev–Trinajstić information content (AvgIpc) is 2.57. The molecule has 1 amide bonds. The fourth-order valence-corrected chi connectivity index (χ4v) is 3.50. The number of nitrogens with zero attached hydrogens (tertiary/aromatic N) is 2. The lowest BCUT2D eigenvalue weighted by Crippen LogP contribution is -2.36. The minimum absolute atomic E-state index is 0.0912. The monoisotopic (exact) mass is 382 g/mol. The molecule has 2 heterocycles. The Bertz CT molecular complexity index is 899. The number of fused-ring (bicyclic) bond motifs is 1. The summed E-state index contributed by atoms with van der Waals surface area (Å²) in [5.41, 5.74) is -0.615. The molecular weight excluding hydrogens is 369 g/mol. The number of thioether (sulfide) groups is 1. The van der Waals surface area contributed by atoms with Gasteiger partial charge in [0.1, 0.15) is 5.82 Å². The summed E-state index contributed by atoms with van der Waals surface area (Å²) in [7, 11) is 0. The van der Waals surface area contributed by atoms with Crippen molar-refractivity contribution in [1.29, 1.82) is 0 Å². The number of carboxylic acids is 1. The first-order valence-electron chi connectivity index (χ1n) is 7.51. The molecule has 1 aliphatic heterocycles. The van der Waals surface area contributed by atoms with Crippen molar-refractivity contribution in [3.8, 4) is 0 Å². The van der Waals surface area contributed by atoms with E-state index in [-0.39, 0.29) is 40.8 Å². The third kappa shape index (κ3) is 3.52. The van der Waals surface area contributed by atoms with E-state index in [9.17, 15) is 22.8 Å². The summed E-state index contributed by atoms with van der Waals surface area (Å²) in [5, 5.41) is 9.09. The number of benzene rings is 1. The van der Waals surface area contributed by atoms with Gasteiger partial charge in [-0.25, -0.2) is 9.78 Å². The second kappa shape index (κ2) is 6.64. The SMILES string of the molecule is Cc1ccc(CN2C(=O)CSc3ccc(C(=O)O)nc32)cc1C(F)(F)F. The molecule has 0 aliphatic carbocycles. The molecule has 0 spiro atoms. The molecule has 26 heavy (non-hydrogen) atoms. The summed E-state index contributed by atoms with van der Waals surface area (Å²) < 4.78 is 39.3. The second-order valence-electron chi connectivity index (χ2n) is 5.74. The van der Waals surface area contributed by atoms with Crippen LogP contribution in [0.4, 0.5) is 19.0 Å². The van der Waals surface area contributed by atoms with Gasteiger partial charge in [-0.1, -0.05) is 12.1 Å². The van der Waals surface area contributed by atoms with E-state index in [0.29, 0.717) is 4.90 Å². The number of alkyl halides is 3. The predicted octanol–water partition coefficient (Wildman–Crippen LogP) is 3.75. The topological polar surface area (TPSA) is 70.5 Å². The average molecular weight is 382 g/mol. The summed E-state index contributed by atoms with van der Waals surface area (Å²) in [6.45, 7) is 1.25. The zero-order valence-corrected chi connectivity index (χ0v) is 14.3. The Morgan fingerprint density at radius 1 is 1.31 bits per heavy atom. The van der Waals surface area contributed by atoms with E-state index >= 15 is 0 Å². The Labute approximate surface area is 150 Å². The van der Waals surface area contributed by atoms with Gasteiger partial charge in [-0.2, -0.15) is 13.2 Å². The molecule has 0 fully saturated rings. The number of hydrogen-bond acceptors (Lipinski definition) is 4. The van der Waals surface area contributed by atoms with E-state index in [1.807, 2.05) is 0 Å². The zero-order valence-electron chi connectivity index (χ0n) is 13.5. The van der Waals surface area contributed by atoms with Gasteiger partial charge >= 0.3 is 12.1 Å². The summed E-state index contributed by atoms with van der Waals surface area (Å²) >= 11 is 1.21.